The molecule has 112 valence electrons. The molecule has 0 aliphatic heterocycles. The lowest BCUT2D eigenvalue weighted by atomic mass is 9.92. The highest BCUT2D eigenvalue weighted by Gasteiger charge is 2.21. The zero-order valence-electron chi connectivity index (χ0n) is 12.3. The Labute approximate surface area is 124 Å². The number of carbonyl (C=O) groups is 1. The maximum atomic E-state index is 11.3. The van der Waals surface area contributed by atoms with E-state index in [0.717, 1.165) is 6.54 Å². The number of nitrogen functional groups attached to an aromatic ring is 1. The fraction of sp³-hybridized carbons (Fsp3) is 0.500. The fourth-order valence-corrected chi connectivity index (χ4v) is 2.51. The van der Waals surface area contributed by atoms with Crippen LogP contribution in [-0.4, -0.2) is 43.2 Å². The lowest BCUT2D eigenvalue weighted by Gasteiger charge is -2.29. The summed E-state index contributed by atoms with van der Waals surface area (Å²) in [5.41, 5.74) is 6.46. The van der Waals surface area contributed by atoms with Crippen LogP contribution in [0.15, 0.2) is 12.1 Å². The SMILES string of the molecule is CN(C)CC(C)(C)CNc1c(Cl)cc(N)cc1C(=O)O. The van der Waals surface area contributed by atoms with Crippen molar-refractivity contribution in [2.45, 2.75) is 13.8 Å². The number of aromatic carboxylic acids is 1. The first-order valence-electron chi connectivity index (χ1n) is 6.33. The van der Waals surface area contributed by atoms with Crippen LogP contribution in [0.1, 0.15) is 24.2 Å². The molecule has 4 N–H and O–H groups in total. The van der Waals surface area contributed by atoms with Gasteiger partial charge in [-0.25, -0.2) is 4.79 Å². The van der Waals surface area contributed by atoms with Crippen LogP contribution in [0.25, 0.3) is 0 Å². The molecule has 6 heteroatoms. The summed E-state index contributed by atoms with van der Waals surface area (Å²) < 4.78 is 0. The summed E-state index contributed by atoms with van der Waals surface area (Å²) in [5.74, 6) is -1.05. The number of hydrogen-bond donors (Lipinski definition) is 3. The number of rotatable bonds is 6. The van der Waals surface area contributed by atoms with Gasteiger partial charge in [0.1, 0.15) is 0 Å². The van der Waals surface area contributed by atoms with E-state index in [4.69, 9.17) is 17.3 Å². The average Bonchev–Trinajstić information content (AvgIpc) is 2.24. The number of nitrogens with two attached hydrogens (primary N) is 1. The summed E-state index contributed by atoms with van der Waals surface area (Å²) in [6, 6.07) is 2.96. The predicted molar refractivity (Wildman–Crippen MR) is 83.6 cm³/mol. The molecule has 0 aromatic heterocycles. The van der Waals surface area contributed by atoms with Crippen molar-refractivity contribution in [3.8, 4) is 0 Å². The van der Waals surface area contributed by atoms with Gasteiger partial charge in [-0.15, -0.1) is 0 Å². The minimum absolute atomic E-state index is 0.0238. The molecule has 0 aliphatic carbocycles. The van der Waals surface area contributed by atoms with Crippen LogP contribution in [0.5, 0.6) is 0 Å². The van der Waals surface area contributed by atoms with E-state index in [1.807, 2.05) is 14.1 Å². The standard InChI is InChI=1S/C14H22ClN3O2/c1-14(2,8-18(3)4)7-17-12-10(13(19)20)5-9(16)6-11(12)15/h5-6,17H,7-8,16H2,1-4H3,(H,19,20). The molecule has 0 radical (unpaired) electrons. The first-order chi connectivity index (χ1) is 9.12. The van der Waals surface area contributed by atoms with Gasteiger partial charge in [0.15, 0.2) is 0 Å². The van der Waals surface area contributed by atoms with Crippen LogP contribution in [0.2, 0.25) is 5.02 Å². The van der Waals surface area contributed by atoms with Crippen molar-refractivity contribution in [1.82, 2.24) is 4.90 Å². The van der Waals surface area contributed by atoms with Crippen molar-refractivity contribution in [2.75, 3.05) is 38.2 Å². The summed E-state index contributed by atoms with van der Waals surface area (Å²) in [6.45, 7) is 5.68. The van der Waals surface area contributed by atoms with E-state index in [-0.39, 0.29) is 11.0 Å². The predicted octanol–water partition coefficient (Wildman–Crippen LogP) is 2.62. The number of halogens is 1. The second-order valence-electron chi connectivity index (χ2n) is 5.99. The summed E-state index contributed by atoms with van der Waals surface area (Å²) in [4.78, 5) is 13.4. The second-order valence-corrected chi connectivity index (χ2v) is 6.39. The second kappa shape index (κ2) is 6.33. The summed E-state index contributed by atoms with van der Waals surface area (Å²) >= 11 is 6.10. The van der Waals surface area contributed by atoms with E-state index < -0.39 is 5.97 Å². The molecule has 0 saturated heterocycles. The molecule has 0 fully saturated rings. The molecule has 1 aromatic carbocycles. The first-order valence-corrected chi connectivity index (χ1v) is 6.71. The first kappa shape index (κ1) is 16.6. The van der Waals surface area contributed by atoms with E-state index in [1.165, 1.54) is 6.07 Å². The lowest BCUT2D eigenvalue weighted by Crippen LogP contribution is -2.34. The summed E-state index contributed by atoms with van der Waals surface area (Å²) in [6.07, 6.45) is 0. The smallest absolute Gasteiger partial charge is 0.337 e. The molecule has 0 amide bonds. The minimum atomic E-state index is -1.05. The van der Waals surface area contributed by atoms with Gasteiger partial charge in [0.2, 0.25) is 0 Å². The molecule has 0 aliphatic rings. The molecular formula is C14H22ClN3O2. The highest BCUT2D eigenvalue weighted by atomic mass is 35.5. The van der Waals surface area contributed by atoms with Crippen molar-refractivity contribution in [1.29, 1.82) is 0 Å². The van der Waals surface area contributed by atoms with Gasteiger partial charge in [-0.1, -0.05) is 25.4 Å². The van der Waals surface area contributed by atoms with Gasteiger partial charge in [0.25, 0.3) is 0 Å². The van der Waals surface area contributed by atoms with Crippen molar-refractivity contribution in [3.63, 3.8) is 0 Å². The number of anilines is 2. The largest absolute Gasteiger partial charge is 0.478 e. The maximum Gasteiger partial charge on any atom is 0.337 e. The van der Waals surface area contributed by atoms with Gasteiger partial charge < -0.3 is 21.1 Å². The number of nitrogens with zero attached hydrogens (tertiary/aromatic N) is 1. The van der Waals surface area contributed by atoms with E-state index in [1.54, 1.807) is 6.07 Å². The van der Waals surface area contributed by atoms with Gasteiger partial charge >= 0.3 is 5.97 Å². The third-order valence-corrected chi connectivity index (χ3v) is 3.13. The number of hydrogen-bond acceptors (Lipinski definition) is 4. The molecule has 1 rings (SSSR count). The van der Waals surface area contributed by atoms with E-state index in [2.05, 4.69) is 24.1 Å². The van der Waals surface area contributed by atoms with Gasteiger partial charge in [0, 0.05) is 18.8 Å². The maximum absolute atomic E-state index is 11.3. The highest BCUT2D eigenvalue weighted by molar-refractivity contribution is 6.34. The number of benzene rings is 1. The topological polar surface area (TPSA) is 78.6 Å². The van der Waals surface area contributed by atoms with E-state index in [0.29, 0.717) is 22.9 Å². The molecule has 0 saturated carbocycles. The molecule has 0 heterocycles. The Kier molecular flexibility index (Phi) is 5.25. The molecule has 20 heavy (non-hydrogen) atoms. The third kappa shape index (κ3) is 4.58. The third-order valence-electron chi connectivity index (χ3n) is 2.83. The van der Waals surface area contributed by atoms with Crippen molar-refractivity contribution < 1.29 is 9.90 Å². The Morgan fingerprint density at radius 2 is 2.05 bits per heavy atom. The van der Waals surface area contributed by atoms with Crippen LogP contribution in [0.3, 0.4) is 0 Å². The molecule has 0 unspecified atom stereocenters. The van der Waals surface area contributed by atoms with E-state index in [9.17, 15) is 9.90 Å². The van der Waals surface area contributed by atoms with Crippen LogP contribution >= 0.6 is 11.6 Å². The Hall–Kier alpha value is -1.46. The molecule has 1 aromatic rings. The number of carboxylic acid groups (broad SMARTS) is 1. The van der Waals surface area contributed by atoms with Crippen LogP contribution < -0.4 is 11.1 Å². The number of nitrogens with one attached hydrogen (secondary N) is 1. The monoisotopic (exact) mass is 299 g/mol. The molecule has 0 bridgehead atoms. The molecular weight excluding hydrogens is 278 g/mol. The lowest BCUT2D eigenvalue weighted by molar-refractivity contribution is 0.0698. The van der Waals surface area contributed by atoms with Crippen LogP contribution in [0.4, 0.5) is 11.4 Å². The molecule has 5 nitrogen and oxygen atoms in total. The summed E-state index contributed by atoms with van der Waals surface area (Å²) in [5, 5.41) is 12.7. The Morgan fingerprint density at radius 1 is 1.45 bits per heavy atom. The number of carboxylic acids is 1. The zero-order valence-corrected chi connectivity index (χ0v) is 13.1. The van der Waals surface area contributed by atoms with Gasteiger partial charge in [-0.05, 0) is 31.6 Å². The Balaban J connectivity index is 2.95. The van der Waals surface area contributed by atoms with Gasteiger partial charge in [-0.3, -0.25) is 0 Å². The van der Waals surface area contributed by atoms with Crippen LogP contribution in [-0.2, 0) is 0 Å². The van der Waals surface area contributed by atoms with Gasteiger partial charge in [0.05, 0.1) is 16.3 Å². The normalized spacial score (nSPS) is 11.7. The Bertz CT molecular complexity index is 501. The summed E-state index contributed by atoms with van der Waals surface area (Å²) in [7, 11) is 4.00. The van der Waals surface area contributed by atoms with Crippen molar-refractivity contribution in [2.24, 2.45) is 5.41 Å². The minimum Gasteiger partial charge on any atom is -0.478 e. The zero-order chi connectivity index (χ0) is 15.5. The van der Waals surface area contributed by atoms with Crippen molar-refractivity contribution in [3.05, 3.63) is 22.7 Å². The fourth-order valence-electron chi connectivity index (χ4n) is 2.22. The highest BCUT2D eigenvalue weighted by Crippen LogP contribution is 2.30. The Morgan fingerprint density at radius 3 is 2.55 bits per heavy atom. The molecule has 0 atom stereocenters. The quantitative estimate of drug-likeness (QED) is 0.704. The van der Waals surface area contributed by atoms with E-state index >= 15 is 0 Å². The van der Waals surface area contributed by atoms with Gasteiger partial charge in [-0.2, -0.15) is 0 Å². The molecule has 0 spiro atoms. The van der Waals surface area contributed by atoms with Crippen molar-refractivity contribution >= 4 is 28.9 Å². The average molecular weight is 300 g/mol. The van der Waals surface area contributed by atoms with Crippen LogP contribution in [0, 0.1) is 5.41 Å².